The van der Waals surface area contributed by atoms with Gasteiger partial charge < -0.3 is 9.84 Å². The lowest BCUT2D eigenvalue weighted by Gasteiger charge is -2.34. The van der Waals surface area contributed by atoms with E-state index < -0.39 is 0 Å². The van der Waals surface area contributed by atoms with Crippen molar-refractivity contribution in [2.45, 2.75) is 53.0 Å². The first-order chi connectivity index (χ1) is 10.6. The Labute approximate surface area is 145 Å². The van der Waals surface area contributed by atoms with Crippen molar-refractivity contribution in [3.8, 4) is 5.75 Å². The molecule has 0 bridgehead atoms. The summed E-state index contributed by atoms with van der Waals surface area (Å²) >= 11 is 6.32. The number of halogens is 1. The fourth-order valence-electron chi connectivity index (χ4n) is 3.60. The summed E-state index contributed by atoms with van der Waals surface area (Å²) < 4.78 is 5.39. The van der Waals surface area contributed by atoms with Crippen LogP contribution in [0.25, 0.3) is 0 Å². The van der Waals surface area contributed by atoms with Gasteiger partial charge in [0.25, 0.3) is 0 Å². The van der Waals surface area contributed by atoms with Crippen molar-refractivity contribution in [3.63, 3.8) is 0 Å². The lowest BCUT2D eigenvalue weighted by molar-refractivity contribution is 0.0338. The van der Waals surface area contributed by atoms with Crippen molar-refractivity contribution in [1.82, 2.24) is 4.90 Å². The summed E-state index contributed by atoms with van der Waals surface area (Å²) in [6.45, 7) is 15.3. The van der Waals surface area contributed by atoms with Crippen LogP contribution in [-0.4, -0.2) is 36.3 Å². The summed E-state index contributed by atoms with van der Waals surface area (Å²) in [4.78, 5) is 2.30. The number of hydrogen-bond donors (Lipinski definition) is 1. The first-order valence-corrected chi connectivity index (χ1v) is 8.78. The number of nitrogens with zero attached hydrogens (tertiary/aromatic N) is 1. The summed E-state index contributed by atoms with van der Waals surface area (Å²) in [6, 6.07) is 4.05. The molecular formula is C19H30ClNO2. The van der Waals surface area contributed by atoms with E-state index in [4.69, 9.17) is 16.3 Å². The Morgan fingerprint density at radius 3 is 2.30 bits per heavy atom. The van der Waals surface area contributed by atoms with Crippen LogP contribution in [0.4, 0.5) is 0 Å². The molecule has 0 aromatic heterocycles. The van der Waals surface area contributed by atoms with Gasteiger partial charge in [-0.1, -0.05) is 52.3 Å². The molecule has 1 aliphatic heterocycles. The average Bonchev–Trinajstić information content (AvgIpc) is 2.42. The Bertz CT molecular complexity index is 543. The van der Waals surface area contributed by atoms with Crippen LogP contribution < -0.4 is 0 Å². The first kappa shape index (κ1) is 18.6. The Kier molecular flexibility index (Phi) is 5.65. The summed E-state index contributed by atoms with van der Waals surface area (Å²) in [6.07, 6.45) is 1.05. The fraction of sp³-hybridized carbons (Fsp3) is 0.684. The number of morpholine rings is 1. The number of aromatic hydroxyl groups is 1. The zero-order valence-electron chi connectivity index (χ0n) is 15.1. The molecule has 0 atom stereocenters. The van der Waals surface area contributed by atoms with Crippen LogP contribution in [-0.2, 0) is 16.7 Å². The Balaban J connectivity index is 2.27. The van der Waals surface area contributed by atoms with Gasteiger partial charge in [-0.05, 0) is 28.9 Å². The van der Waals surface area contributed by atoms with Crippen molar-refractivity contribution in [1.29, 1.82) is 0 Å². The van der Waals surface area contributed by atoms with E-state index >= 15 is 0 Å². The molecule has 0 radical (unpaired) electrons. The van der Waals surface area contributed by atoms with Crippen molar-refractivity contribution in [2.24, 2.45) is 5.41 Å². The smallest absolute Gasteiger partial charge is 0.138 e. The van der Waals surface area contributed by atoms with E-state index in [2.05, 4.69) is 45.6 Å². The van der Waals surface area contributed by atoms with Gasteiger partial charge in [-0.15, -0.1) is 0 Å². The number of phenolic OH excluding ortho intramolecular Hbond substituents is 1. The molecule has 1 N–H and O–H groups in total. The second-order valence-corrected chi connectivity index (χ2v) is 8.88. The molecule has 4 heteroatoms. The molecule has 1 fully saturated rings. The molecule has 0 spiro atoms. The molecule has 1 aromatic rings. The van der Waals surface area contributed by atoms with Crippen LogP contribution in [0.2, 0.25) is 5.02 Å². The highest BCUT2D eigenvalue weighted by Gasteiger charge is 2.29. The van der Waals surface area contributed by atoms with Crippen LogP contribution in [0.3, 0.4) is 0 Å². The maximum absolute atomic E-state index is 10.4. The first-order valence-electron chi connectivity index (χ1n) is 8.40. The van der Waals surface area contributed by atoms with E-state index in [0.29, 0.717) is 11.6 Å². The molecule has 0 unspecified atom stereocenters. The fourth-order valence-corrected chi connectivity index (χ4v) is 3.83. The van der Waals surface area contributed by atoms with Gasteiger partial charge in [0.15, 0.2) is 0 Å². The van der Waals surface area contributed by atoms with Crippen molar-refractivity contribution < 1.29 is 9.84 Å². The minimum Gasteiger partial charge on any atom is -0.506 e. The highest BCUT2D eigenvalue weighted by Crippen LogP contribution is 2.40. The molecule has 0 aliphatic carbocycles. The maximum atomic E-state index is 10.4. The lowest BCUT2D eigenvalue weighted by Crippen LogP contribution is -2.35. The van der Waals surface area contributed by atoms with Gasteiger partial charge in [0.2, 0.25) is 0 Å². The number of ether oxygens (including phenoxy) is 1. The quantitative estimate of drug-likeness (QED) is 0.870. The van der Waals surface area contributed by atoms with E-state index in [0.717, 1.165) is 38.3 Å². The van der Waals surface area contributed by atoms with Crippen molar-refractivity contribution in [3.05, 3.63) is 28.3 Å². The number of benzene rings is 1. The Hall–Kier alpha value is -0.770. The standard InChI is InChI=1S/C19H30ClNO2/c1-18(2,3)13-19(4,5)15-10-14(17(22)16(20)11-15)12-21-6-8-23-9-7-21/h10-11,22H,6-9,12-13H2,1-5H3. The van der Waals surface area contributed by atoms with Gasteiger partial charge in [-0.25, -0.2) is 0 Å². The molecule has 0 saturated carbocycles. The van der Waals surface area contributed by atoms with E-state index in [1.807, 2.05) is 6.07 Å². The van der Waals surface area contributed by atoms with Gasteiger partial charge >= 0.3 is 0 Å². The largest absolute Gasteiger partial charge is 0.506 e. The third-order valence-electron chi connectivity index (χ3n) is 4.39. The molecule has 1 aromatic carbocycles. The number of hydrogen-bond acceptors (Lipinski definition) is 3. The molecule has 2 rings (SSSR count). The third-order valence-corrected chi connectivity index (χ3v) is 4.68. The molecule has 1 heterocycles. The molecule has 3 nitrogen and oxygen atoms in total. The monoisotopic (exact) mass is 339 g/mol. The lowest BCUT2D eigenvalue weighted by atomic mass is 9.72. The van der Waals surface area contributed by atoms with Crippen molar-refractivity contribution in [2.75, 3.05) is 26.3 Å². The summed E-state index contributed by atoms with van der Waals surface area (Å²) in [7, 11) is 0. The van der Waals surface area contributed by atoms with Crippen LogP contribution in [0.15, 0.2) is 12.1 Å². The normalized spacial score (nSPS) is 17.5. The van der Waals surface area contributed by atoms with Gasteiger partial charge in [0, 0.05) is 25.2 Å². The van der Waals surface area contributed by atoms with E-state index in [1.165, 1.54) is 5.56 Å². The summed E-state index contributed by atoms with van der Waals surface area (Å²) in [5, 5.41) is 10.8. The van der Waals surface area contributed by atoms with Gasteiger partial charge in [-0.3, -0.25) is 4.90 Å². The molecule has 0 amide bonds. The number of phenols is 1. The topological polar surface area (TPSA) is 32.7 Å². The molecular weight excluding hydrogens is 310 g/mol. The predicted molar refractivity (Wildman–Crippen MR) is 96.3 cm³/mol. The SMILES string of the molecule is CC(C)(C)CC(C)(C)c1cc(Cl)c(O)c(CN2CCOCC2)c1. The third kappa shape index (κ3) is 5.10. The molecule has 1 aliphatic rings. The van der Waals surface area contributed by atoms with Crippen LogP contribution in [0.1, 0.15) is 52.2 Å². The Morgan fingerprint density at radius 2 is 1.74 bits per heavy atom. The minimum absolute atomic E-state index is 0.00928. The molecule has 130 valence electrons. The highest BCUT2D eigenvalue weighted by molar-refractivity contribution is 6.32. The van der Waals surface area contributed by atoms with Crippen LogP contribution in [0, 0.1) is 5.41 Å². The molecule has 23 heavy (non-hydrogen) atoms. The highest BCUT2D eigenvalue weighted by atomic mass is 35.5. The van der Waals surface area contributed by atoms with Gasteiger partial charge in [0.1, 0.15) is 5.75 Å². The zero-order chi connectivity index (χ0) is 17.3. The Morgan fingerprint density at radius 1 is 1.13 bits per heavy atom. The number of rotatable bonds is 4. The summed E-state index contributed by atoms with van der Waals surface area (Å²) in [5.41, 5.74) is 2.35. The van der Waals surface area contributed by atoms with Crippen molar-refractivity contribution >= 4 is 11.6 Å². The molecule has 1 saturated heterocycles. The minimum atomic E-state index is 0.00928. The zero-order valence-corrected chi connectivity index (χ0v) is 15.8. The maximum Gasteiger partial charge on any atom is 0.138 e. The second-order valence-electron chi connectivity index (χ2n) is 8.48. The van der Waals surface area contributed by atoms with Gasteiger partial charge in [-0.2, -0.15) is 0 Å². The van der Waals surface area contributed by atoms with Gasteiger partial charge in [0.05, 0.1) is 18.2 Å². The van der Waals surface area contributed by atoms with Crippen LogP contribution in [0.5, 0.6) is 5.75 Å². The average molecular weight is 340 g/mol. The van der Waals surface area contributed by atoms with E-state index in [9.17, 15) is 5.11 Å². The van der Waals surface area contributed by atoms with E-state index in [1.54, 1.807) is 0 Å². The second kappa shape index (κ2) is 7.00. The predicted octanol–water partition coefficient (Wildman–Crippen LogP) is 4.59. The van der Waals surface area contributed by atoms with Crippen LogP contribution >= 0.6 is 11.6 Å². The van der Waals surface area contributed by atoms with E-state index in [-0.39, 0.29) is 16.6 Å². The summed E-state index contributed by atoms with van der Waals surface area (Å²) in [5.74, 6) is 0.216.